The summed E-state index contributed by atoms with van der Waals surface area (Å²) in [6, 6.07) is 28.4. The monoisotopic (exact) mass is 626 g/mol. The van der Waals surface area contributed by atoms with Gasteiger partial charge in [-0.25, -0.2) is 0 Å². The van der Waals surface area contributed by atoms with Crippen LogP contribution >= 0.6 is 0 Å². The number of likely N-dealkylation sites (tertiary alicyclic amines) is 1. The summed E-state index contributed by atoms with van der Waals surface area (Å²) in [5.41, 5.74) is 4.24. The average molecular weight is 627 g/mol. The van der Waals surface area contributed by atoms with Crippen LogP contribution in [0.25, 0.3) is 22.4 Å². The third kappa shape index (κ3) is 6.56. The number of alkyl halides is 3. The Morgan fingerprint density at radius 2 is 1.46 bits per heavy atom. The second-order valence-corrected chi connectivity index (χ2v) is 12.1. The minimum absolute atomic E-state index is 0.0552. The number of carbonyl (C=O) groups excluding carboxylic acids is 2. The van der Waals surface area contributed by atoms with Crippen LogP contribution in [0, 0.1) is 0 Å². The van der Waals surface area contributed by atoms with Crippen molar-refractivity contribution in [3.05, 3.63) is 114 Å². The number of unbranched alkanes of at least 4 members (excludes halogenated alkanes) is 1. The molecule has 3 aromatic carbocycles. The molecule has 1 saturated heterocycles. The van der Waals surface area contributed by atoms with Crippen LogP contribution in [0.4, 0.5) is 13.2 Å². The molecule has 0 saturated carbocycles. The van der Waals surface area contributed by atoms with Crippen molar-refractivity contribution in [1.29, 1.82) is 0 Å². The summed E-state index contributed by atoms with van der Waals surface area (Å²) in [6.07, 6.45) is 0.704. The number of hydrogen-bond donors (Lipinski definition) is 2. The Kier molecular flexibility index (Phi) is 9.22. The molecule has 2 heterocycles. The summed E-state index contributed by atoms with van der Waals surface area (Å²) >= 11 is 0. The molecule has 9 heteroatoms. The number of fused-ring (bicyclic) bond motifs is 3. The quantitative estimate of drug-likeness (QED) is 0.191. The van der Waals surface area contributed by atoms with Gasteiger partial charge >= 0.3 is 6.18 Å². The van der Waals surface area contributed by atoms with E-state index in [1.807, 2.05) is 78.9 Å². The number of aromatic nitrogens is 1. The lowest BCUT2D eigenvalue weighted by molar-refractivity contribution is -0.141. The number of benzene rings is 3. The van der Waals surface area contributed by atoms with Crippen molar-refractivity contribution < 1.29 is 22.8 Å². The summed E-state index contributed by atoms with van der Waals surface area (Å²) in [4.78, 5) is 33.8. The van der Waals surface area contributed by atoms with Gasteiger partial charge < -0.3 is 15.5 Å². The van der Waals surface area contributed by atoms with Crippen LogP contribution < -0.4 is 10.6 Å². The van der Waals surface area contributed by atoms with Gasteiger partial charge in [0.25, 0.3) is 5.91 Å². The Hall–Kier alpha value is -4.50. The van der Waals surface area contributed by atoms with Gasteiger partial charge in [0.2, 0.25) is 5.91 Å². The van der Waals surface area contributed by atoms with Crippen molar-refractivity contribution >= 4 is 11.8 Å². The summed E-state index contributed by atoms with van der Waals surface area (Å²) in [7, 11) is 0. The molecule has 1 fully saturated rings. The van der Waals surface area contributed by atoms with Gasteiger partial charge in [0.15, 0.2) is 0 Å². The van der Waals surface area contributed by atoms with Crippen molar-refractivity contribution in [3.8, 4) is 22.4 Å². The Bertz CT molecular complexity index is 1640. The maximum absolute atomic E-state index is 13.7. The zero-order valence-electron chi connectivity index (χ0n) is 25.5. The lowest BCUT2D eigenvalue weighted by Gasteiger charge is -2.33. The molecular formula is C37H37F3N4O2. The SMILES string of the molecule is O=C(NC1CCN(CCCCC2(C(=O)NCC(F)(F)F)c3ccccc3-c3ccccc32)CC1)c1cccnc1-c1ccccc1. The Labute approximate surface area is 267 Å². The third-order valence-corrected chi connectivity index (χ3v) is 9.20. The molecule has 4 aromatic rings. The maximum atomic E-state index is 13.7. The molecule has 0 atom stereocenters. The van der Waals surface area contributed by atoms with Gasteiger partial charge in [-0.3, -0.25) is 14.6 Å². The number of amides is 2. The highest BCUT2D eigenvalue weighted by molar-refractivity contribution is 6.01. The first-order valence-corrected chi connectivity index (χ1v) is 15.8. The van der Waals surface area contributed by atoms with Crippen LogP contribution in [0.3, 0.4) is 0 Å². The molecule has 0 spiro atoms. The van der Waals surface area contributed by atoms with Gasteiger partial charge in [0.1, 0.15) is 12.0 Å². The van der Waals surface area contributed by atoms with E-state index in [9.17, 15) is 22.8 Å². The normalized spacial score (nSPS) is 16.0. The van der Waals surface area contributed by atoms with E-state index in [0.717, 1.165) is 66.7 Å². The summed E-state index contributed by atoms with van der Waals surface area (Å²) in [5, 5.41) is 5.41. The minimum Gasteiger partial charge on any atom is -0.349 e. The van der Waals surface area contributed by atoms with Crippen molar-refractivity contribution in [1.82, 2.24) is 20.5 Å². The topological polar surface area (TPSA) is 74.3 Å². The van der Waals surface area contributed by atoms with Crippen LogP contribution in [0.15, 0.2) is 97.2 Å². The van der Waals surface area contributed by atoms with Crippen LogP contribution in [0.2, 0.25) is 0 Å². The summed E-state index contributed by atoms with van der Waals surface area (Å²) in [6.45, 7) is 1.10. The van der Waals surface area contributed by atoms with Crippen molar-refractivity contribution in [2.45, 2.75) is 49.7 Å². The minimum atomic E-state index is -4.50. The second-order valence-electron chi connectivity index (χ2n) is 12.1. The average Bonchev–Trinajstić information content (AvgIpc) is 3.37. The standard InChI is InChI=1S/C37H37F3N4O2/c38-37(39,40)25-42-35(46)36(31-16-6-4-13-28(31)29-14-5-7-17-32(29)36)20-8-9-22-44-23-18-27(19-24-44)43-34(45)30-15-10-21-41-33(30)26-11-2-1-3-12-26/h1-7,10-17,21,27H,8-9,18-20,22-25H2,(H,42,46)(H,43,45). The lowest BCUT2D eigenvalue weighted by atomic mass is 9.73. The molecule has 1 aliphatic carbocycles. The Morgan fingerprint density at radius 1 is 0.826 bits per heavy atom. The first-order valence-electron chi connectivity index (χ1n) is 15.8. The molecule has 1 aliphatic heterocycles. The van der Waals surface area contributed by atoms with Gasteiger partial charge in [0, 0.05) is 30.9 Å². The molecule has 46 heavy (non-hydrogen) atoms. The molecule has 2 N–H and O–H groups in total. The van der Waals surface area contributed by atoms with Crippen LogP contribution in [0.5, 0.6) is 0 Å². The number of hydrogen-bond acceptors (Lipinski definition) is 4. The molecule has 6 nitrogen and oxygen atoms in total. The van der Waals surface area contributed by atoms with Gasteiger partial charge in [0.05, 0.1) is 11.3 Å². The fraction of sp³-hybridized carbons (Fsp3) is 0.324. The Balaban J connectivity index is 1.06. The van der Waals surface area contributed by atoms with E-state index in [1.165, 1.54) is 0 Å². The maximum Gasteiger partial charge on any atom is 0.405 e. The molecule has 238 valence electrons. The highest BCUT2D eigenvalue weighted by Crippen LogP contribution is 2.51. The number of halogens is 3. The van der Waals surface area contributed by atoms with Gasteiger partial charge in [-0.15, -0.1) is 0 Å². The fourth-order valence-electron chi connectivity index (χ4n) is 6.99. The predicted molar refractivity (Wildman–Crippen MR) is 172 cm³/mol. The van der Waals surface area contributed by atoms with E-state index in [1.54, 1.807) is 18.3 Å². The van der Waals surface area contributed by atoms with Crippen LogP contribution in [-0.2, 0) is 10.2 Å². The van der Waals surface area contributed by atoms with Crippen LogP contribution in [-0.4, -0.2) is 60.1 Å². The number of nitrogens with zero attached hydrogens (tertiary/aromatic N) is 2. The molecule has 0 radical (unpaired) electrons. The van der Waals surface area contributed by atoms with E-state index < -0.39 is 24.0 Å². The number of rotatable bonds is 10. The lowest BCUT2D eigenvalue weighted by Crippen LogP contribution is -2.47. The third-order valence-electron chi connectivity index (χ3n) is 9.20. The van der Waals surface area contributed by atoms with Crippen molar-refractivity contribution in [3.63, 3.8) is 0 Å². The van der Waals surface area contributed by atoms with E-state index in [-0.39, 0.29) is 11.9 Å². The zero-order valence-corrected chi connectivity index (χ0v) is 25.5. The summed E-state index contributed by atoms with van der Waals surface area (Å²) < 4.78 is 39.5. The fourth-order valence-corrected chi connectivity index (χ4v) is 6.99. The molecule has 0 bridgehead atoms. The highest BCUT2D eigenvalue weighted by atomic mass is 19.4. The molecule has 0 unspecified atom stereocenters. The zero-order chi connectivity index (χ0) is 32.1. The smallest absolute Gasteiger partial charge is 0.349 e. The number of piperidine rings is 1. The highest BCUT2D eigenvalue weighted by Gasteiger charge is 2.49. The molecule has 2 aliphatic rings. The van der Waals surface area contributed by atoms with E-state index in [0.29, 0.717) is 24.1 Å². The largest absolute Gasteiger partial charge is 0.405 e. The first kappa shape index (κ1) is 31.5. The van der Waals surface area contributed by atoms with Gasteiger partial charge in [-0.2, -0.15) is 13.2 Å². The molecule has 2 amide bonds. The van der Waals surface area contributed by atoms with Crippen molar-refractivity contribution in [2.75, 3.05) is 26.2 Å². The predicted octanol–water partition coefficient (Wildman–Crippen LogP) is 6.76. The summed E-state index contributed by atoms with van der Waals surface area (Å²) in [5.74, 6) is -0.737. The number of carbonyl (C=O) groups is 2. The van der Waals surface area contributed by atoms with Gasteiger partial charge in [-0.05, 0) is 66.6 Å². The van der Waals surface area contributed by atoms with E-state index in [2.05, 4.69) is 20.5 Å². The number of nitrogens with one attached hydrogen (secondary N) is 2. The van der Waals surface area contributed by atoms with E-state index >= 15 is 0 Å². The first-order chi connectivity index (χ1) is 22.3. The molecular weight excluding hydrogens is 589 g/mol. The second kappa shape index (κ2) is 13.5. The van der Waals surface area contributed by atoms with Crippen molar-refractivity contribution in [2.24, 2.45) is 0 Å². The van der Waals surface area contributed by atoms with Crippen LogP contribution in [0.1, 0.15) is 53.6 Å². The number of pyridine rings is 1. The van der Waals surface area contributed by atoms with Gasteiger partial charge in [-0.1, -0.05) is 85.3 Å². The molecule has 1 aromatic heterocycles. The van der Waals surface area contributed by atoms with E-state index in [4.69, 9.17) is 0 Å². The molecule has 6 rings (SSSR count). The Morgan fingerprint density at radius 3 is 2.11 bits per heavy atom.